The van der Waals surface area contributed by atoms with Gasteiger partial charge in [-0.1, -0.05) is 0 Å². The second-order valence-electron chi connectivity index (χ2n) is 2.64. The molecular formula is C8H5N5O2S. The van der Waals surface area contributed by atoms with E-state index in [-0.39, 0.29) is 5.00 Å². The molecule has 0 spiro atoms. The van der Waals surface area contributed by atoms with E-state index in [2.05, 4.69) is 21.5 Å². The average Bonchev–Trinajstić information content (AvgIpc) is 2.87. The summed E-state index contributed by atoms with van der Waals surface area (Å²) in [6.07, 6.45) is 4.65. The summed E-state index contributed by atoms with van der Waals surface area (Å²) in [6.45, 7) is 0. The van der Waals surface area contributed by atoms with Crippen molar-refractivity contribution in [1.82, 2.24) is 9.66 Å². The molecule has 0 unspecified atom stereocenters. The highest BCUT2D eigenvalue weighted by atomic mass is 32.1. The van der Waals surface area contributed by atoms with E-state index in [4.69, 9.17) is 0 Å². The van der Waals surface area contributed by atoms with Gasteiger partial charge in [-0.3, -0.25) is 14.8 Å². The van der Waals surface area contributed by atoms with Crippen molar-refractivity contribution < 1.29 is 4.92 Å². The topological polar surface area (TPSA) is 79.4 Å². The van der Waals surface area contributed by atoms with E-state index in [0.29, 0.717) is 4.88 Å². The summed E-state index contributed by atoms with van der Waals surface area (Å²) in [5, 5.41) is 10.5. The molecule has 0 fully saturated rings. The Bertz CT molecular complexity index is 550. The van der Waals surface area contributed by atoms with Crippen molar-refractivity contribution >= 4 is 16.3 Å². The maximum atomic E-state index is 10.4. The van der Waals surface area contributed by atoms with Crippen molar-refractivity contribution in [3.63, 3.8) is 0 Å². The van der Waals surface area contributed by atoms with E-state index in [9.17, 15) is 10.1 Å². The van der Waals surface area contributed by atoms with Gasteiger partial charge in [0.15, 0.2) is 12.4 Å². The fourth-order valence-electron chi connectivity index (χ4n) is 0.914. The van der Waals surface area contributed by atoms with Gasteiger partial charge in [0.25, 0.3) is 0 Å². The minimum absolute atomic E-state index is 0.0559. The molecule has 2 aromatic heterocycles. The van der Waals surface area contributed by atoms with Gasteiger partial charge < -0.3 is 0 Å². The molecule has 0 bridgehead atoms. The molecule has 0 amide bonds. The third-order valence-corrected chi connectivity index (χ3v) is 2.51. The molecule has 2 rings (SSSR count). The van der Waals surface area contributed by atoms with Crippen LogP contribution in [0.5, 0.6) is 0 Å². The minimum Gasteiger partial charge on any atom is -0.269 e. The summed E-state index contributed by atoms with van der Waals surface area (Å²) in [5.74, 6) is 0. The number of aromatic nitrogens is 2. The van der Waals surface area contributed by atoms with Crippen molar-refractivity contribution in [1.29, 1.82) is 0 Å². The first-order valence-electron chi connectivity index (χ1n) is 4.15. The molecule has 0 atom stereocenters. The minimum atomic E-state index is -0.456. The van der Waals surface area contributed by atoms with Crippen LogP contribution in [0.4, 0.5) is 5.00 Å². The van der Waals surface area contributed by atoms with E-state index >= 15 is 0 Å². The summed E-state index contributed by atoms with van der Waals surface area (Å²) in [6, 6.07) is 5.55. The lowest BCUT2D eigenvalue weighted by Gasteiger charge is -1.95. The monoisotopic (exact) mass is 235 g/mol. The quantitative estimate of drug-likeness (QED) is 0.591. The molecule has 0 saturated carbocycles. The van der Waals surface area contributed by atoms with E-state index in [1.165, 1.54) is 17.1 Å². The predicted octanol–water partition coefficient (Wildman–Crippen LogP) is 2.29. The predicted molar refractivity (Wildman–Crippen MR) is 58.3 cm³/mol. The van der Waals surface area contributed by atoms with Crippen LogP contribution in [-0.2, 0) is 0 Å². The molecule has 0 aliphatic rings. The normalized spacial score (nSPS) is 9.25. The van der Waals surface area contributed by atoms with Crippen LogP contribution in [0.3, 0.4) is 0 Å². The van der Waals surface area contributed by atoms with Crippen LogP contribution in [0.15, 0.2) is 30.9 Å². The van der Waals surface area contributed by atoms with Gasteiger partial charge in [0.2, 0.25) is 0 Å². The molecule has 0 aromatic carbocycles. The van der Waals surface area contributed by atoms with Gasteiger partial charge in [-0.2, -0.15) is 0 Å². The second kappa shape index (κ2) is 4.41. The Hall–Kier alpha value is -2.40. The van der Waals surface area contributed by atoms with Gasteiger partial charge in [-0.05, 0) is 17.4 Å². The smallest absolute Gasteiger partial charge is 0.269 e. The summed E-state index contributed by atoms with van der Waals surface area (Å²) in [7, 11) is 0. The van der Waals surface area contributed by atoms with Crippen molar-refractivity contribution in [2.45, 2.75) is 0 Å². The maximum absolute atomic E-state index is 10.4. The van der Waals surface area contributed by atoms with Gasteiger partial charge in [0.05, 0.1) is 11.1 Å². The van der Waals surface area contributed by atoms with Crippen LogP contribution >= 0.6 is 11.3 Å². The highest BCUT2D eigenvalue weighted by Gasteiger charge is 2.08. The Balaban J connectivity index is 2.03. The third kappa shape index (κ3) is 2.34. The lowest BCUT2D eigenvalue weighted by atomic mass is 10.5. The average molecular weight is 235 g/mol. The molecule has 2 aromatic rings. The van der Waals surface area contributed by atoms with Crippen molar-refractivity contribution in [2.24, 2.45) is 0 Å². The lowest BCUT2D eigenvalue weighted by Crippen LogP contribution is -1.80. The molecule has 16 heavy (non-hydrogen) atoms. The van der Waals surface area contributed by atoms with Crippen LogP contribution in [0, 0.1) is 16.2 Å². The van der Waals surface area contributed by atoms with Gasteiger partial charge >= 0.3 is 5.00 Å². The second-order valence-corrected chi connectivity index (χ2v) is 3.70. The number of thiophene rings is 1. The van der Waals surface area contributed by atoms with Gasteiger partial charge in [-0.15, -0.1) is 0 Å². The fourth-order valence-corrected chi connectivity index (χ4v) is 1.57. The maximum Gasteiger partial charge on any atom is 0.325 e. The first-order chi connectivity index (χ1) is 7.75. The molecule has 80 valence electrons. The largest absolute Gasteiger partial charge is 0.325 e. The van der Waals surface area contributed by atoms with E-state index in [1.54, 1.807) is 18.5 Å². The molecule has 0 saturated heterocycles. The zero-order valence-electron chi connectivity index (χ0n) is 7.85. The fraction of sp³-hybridized carbons (Fsp3) is 0. The Kier molecular flexibility index (Phi) is 2.79. The molecule has 7 nitrogen and oxygen atoms in total. The lowest BCUT2D eigenvalue weighted by molar-refractivity contribution is -0.380. The standard InChI is InChI=1S/C8H5N5O2S/c14-13(15)8-2-1-7(16-8)5-10-11-12-4-3-9-6-12/h1-4,6H. The van der Waals surface area contributed by atoms with Crippen molar-refractivity contribution in [2.75, 3.05) is 0 Å². The van der Waals surface area contributed by atoms with E-state index < -0.39 is 4.92 Å². The highest BCUT2D eigenvalue weighted by Crippen LogP contribution is 2.23. The Morgan fingerprint density at radius 1 is 1.62 bits per heavy atom. The molecule has 8 heteroatoms. The number of nitrogens with zero attached hydrogens (tertiary/aromatic N) is 5. The molecular weight excluding hydrogens is 230 g/mol. The molecule has 0 aliphatic carbocycles. The van der Waals surface area contributed by atoms with Crippen LogP contribution in [-0.4, -0.2) is 14.6 Å². The van der Waals surface area contributed by atoms with Gasteiger partial charge in [-0.25, -0.2) is 15.5 Å². The number of nitro groups is 1. The summed E-state index contributed by atoms with van der Waals surface area (Å²) in [5.41, 5.74) is 3.72. The number of imidazole rings is 1. The van der Waals surface area contributed by atoms with Crippen LogP contribution in [0.25, 0.3) is 10.5 Å². The van der Waals surface area contributed by atoms with Gasteiger partial charge in [0.1, 0.15) is 11.1 Å². The molecule has 0 aliphatic heterocycles. The number of hydrogen-bond acceptors (Lipinski definition) is 4. The Morgan fingerprint density at radius 2 is 2.50 bits per heavy atom. The van der Waals surface area contributed by atoms with Crippen LogP contribution < -0.4 is 0 Å². The zero-order valence-corrected chi connectivity index (χ0v) is 8.66. The summed E-state index contributed by atoms with van der Waals surface area (Å²) < 4.78 is 1.40. The molecule has 0 N–H and O–H groups in total. The third-order valence-electron chi connectivity index (χ3n) is 1.57. The molecule has 2 heterocycles. The van der Waals surface area contributed by atoms with Crippen LogP contribution in [0.1, 0.15) is 4.88 Å². The van der Waals surface area contributed by atoms with E-state index in [0.717, 1.165) is 11.3 Å². The summed E-state index contributed by atoms with van der Waals surface area (Å²) in [4.78, 5) is 17.9. The van der Waals surface area contributed by atoms with Crippen LogP contribution in [0.2, 0.25) is 0 Å². The highest BCUT2D eigenvalue weighted by molar-refractivity contribution is 7.15. The van der Waals surface area contributed by atoms with E-state index in [1.807, 2.05) is 0 Å². The Labute approximate surface area is 93.9 Å². The molecule has 0 radical (unpaired) electrons. The number of rotatable bonds is 2. The van der Waals surface area contributed by atoms with Crippen molar-refractivity contribution in [3.8, 4) is 6.07 Å². The zero-order chi connectivity index (χ0) is 11.4. The number of hydrogen-bond donors (Lipinski definition) is 0. The Morgan fingerprint density at radius 3 is 3.12 bits per heavy atom. The SMILES string of the molecule is O=[N+]([O-])c1ccc(C#[N+][N-]n2ccnc2)s1. The summed E-state index contributed by atoms with van der Waals surface area (Å²) >= 11 is 0.989. The van der Waals surface area contributed by atoms with Crippen molar-refractivity contribution in [3.05, 3.63) is 56.3 Å². The first kappa shape index (κ1) is 10.1. The van der Waals surface area contributed by atoms with Gasteiger partial charge in [0, 0.05) is 6.07 Å². The first-order valence-corrected chi connectivity index (χ1v) is 4.96.